The summed E-state index contributed by atoms with van der Waals surface area (Å²) in [5, 5.41) is 0.629. The summed E-state index contributed by atoms with van der Waals surface area (Å²) in [6.45, 7) is 0. The molecular formula is C12H8ClNO2. The average molecular weight is 234 g/mol. The zero-order chi connectivity index (χ0) is 11.4. The smallest absolute Gasteiger partial charge is 0.229 e. The van der Waals surface area contributed by atoms with E-state index in [1.807, 2.05) is 0 Å². The molecule has 0 saturated heterocycles. The fourth-order valence-corrected chi connectivity index (χ4v) is 1.32. The number of halogens is 1. The molecule has 0 spiro atoms. The van der Waals surface area contributed by atoms with Crippen LogP contribution in [0.4, 0.5) is 0 Å². The van der Waals surface area contributed by atoms with Crippen LogP contribution in [0.3, 0.4) is 0 Å². The van der Waals surface area contributed by atoms with Crippen LogP contribution in [0.15, 0.2) is 42.6 Å². The topological polar surface area (TPSA) is 39.2 Å². The largest absolute Gasteiger partial charge is 0.438 e. The maximum absolute atomic E-state index is 10.7. The molecule has 16 heavy (non-hydrogen) atoms. The number of rotatable bonds is 3. The number of carbonyl (C=O) groups excluding carboxylic acids is 1. The van der Waals surface area contributed by atoms with Crippen LogP contribution in [-0.2, 0) is 0 Å². The molecule has 0 aliphatic carbocycles. The summed E-state index contributed by atoms with van der Waals surface area (Å²) < 4.78 is 5.45. The van der Waals surface area contributed by atoms with Gasteiger partial charge in [0.05, 0.1) is 5.56 Å². The van der Waals surface area contributed by atoms with Gasteiger partial charge < -0.3 is 4.74 Å². The van der Waals surface area contributed by atoms with Gasteiger partial charge in [0.2, 0.25) is 5.88 Å². The fourth-order valence-electron chi connectivity index (χ4n) is 1.19. The number of hydrogen-bond donors (Lipinski definition) is 0. The van der Waals surface area contributed by atoms with Gasteiger partial charge in [-0.05, 0) is 36.4 Å². The van der Waals surface area contributed by atoms with Gasteiger partial charge in [-0.3, -0.25) is 4.79 Å². The van der Waals surface area contributed by atoms with E-state index in [2.05, 4.69) is 4.98 Å². The Labute approximate surface area is 97.7 Å². The minimum atomic E-state index is 0.292. The van der Waals surface area contributed by atoms with E-state index in [1.54, 1.807) is 42.6 Å². The molecule has 1 heterocycles. The lowest BCUT2D eigenvalue weighted by molar-refractivity contribution is 0.112. The van der Waals surface area contributed by atoms with Crippen LogP contribution >= 0.6 is 11.6 Å². The quantitative estimate of drug-likeness (QED) is 0.764. The molecule has 0 aliphatic rings. The number of pyridine rings is 1. The number of benzene rings is 1. The molecule has 2 rings (SSSR count). The Bertz CT molecular complexity index is 497. The first-order valence-corrected chi connectivity index (χ1v) is 5.01. The summed E-state index contributed by atoms with van der Waals surface area (Å²) in [7, 11) is 0. The van der Waals surface area contributed by atoms with Crippen molar-refractivity contribution in [3.8, 4) is 11.6 Å². The summed E-state index contributed by atoms with van der Waals surface area (Å²) >= 11 is 5.75. The third kappa shape index (κ3) is 2.38. The van der Waals surface area contributed by atoms with Crippen LogP contribution in [0, 0.1) is 0 Å². The first-order valence-electron chi connectivity index (χ1n) is 4.63. The first kappa shape index (κ1) is 10.6. The van der Waals surface area contributed by atoms with Crippen molar-refractivity contribution in [3.05, 3.63) is 53.2 Å². The van der Waals surface area contributed by atoms with Gasteiger partial charge in [0.25, 0.3) is 0 Å². The Morgan fingerprint density at radius 1 is 1.19 bits per heavy atom. The van der Waals surface area contributed by atoms with E-state index in [0.29, 0.717) is 28.5 Å². The molecule has 80 valence electrons. The second-order valence-electron chi connectivity index (χ2n) is 3.07. The molecule has 3 nitrogen and oxygen atoms in total. The molecule has 0 amide bonds. The van der Waals surface area contributed by atoms with Crippen LogP contribution < -0.4 is 4.74 Å². The Morgan fingerprint density at radius 2 is 1.94 bits per heavy atom. The molecule has 0 atom stereocenters. The molecule has 1 aromatic heterocycles. The second-order valence-corrected chi connectivity index (χ2v) is 3.51. The highest BCUT2D eigenvalue weighted by atomic mass is 35.5. The van der Waals surface area contributed by atoms with E-state index in [0.717, 1.165) is 0 Å². The van der Waals surface area contributed by atoms with Crippen molar-refractivity contribution < 1.29 is 9.53 Å². The summed E-state index contributed by atoms with van der Waals surface area (Å²) in [6.07, 6.45) is 2.27. The van der Waals surface area contributed by atoms with Crippen molar-refractivity contribution in [1.82, 2.24) is 4.98 Å². The Hall–Kier alpha value is -1.87. The molecule has 2 aromatic rings. The summed E-state index contributed by atoms with van der Waals surface area (Å²) in [6, 6.07) is 10.2. The van der Waals surface area contributed by atoms with Crippen molar-refractivity contribution in [2.45, 2.75) is 0 Å². The predicted molar refractivity (Wildman–Crippen MR) is 61.2 cm³/mol. The average Bonchev–Trinajstić information content (AvgIpc) is 2.33. The van der Waals surface area contributed by atoms with Crippen LogP contribution in [0.1, 0.15) is 10.4 Å². The minimum Gasteiger partial charge on any atom is -0.438 e. The second kappa shape index (κ2) is 4.77. The van der Waals surface area contributed by atoms with E-state index < -0.39 is 0 Å². The van der Waals surface area contributed by atoms with Gasteiger partial charge in [0.1, 0.15) is 5.75 Å². The molecule has 4 heteroatoms. The van der Waals surface area contributed by atoms with Gasteiger partial charge in [-0.1, -0.05) is 11.6 Å². The van der Waals surface area contributed by atoms with Crippen LogP contribution in [0.5, 0.6) is 11.6 Å². The molecule has 0 bridgehead atoms. The first-order chi connectivity index (χ1) is 7.79. The molecule has 0 radical (unpaired) electrons. The highest BCUT2D eigenvalue weighted by Crippen LogP contribution is 2.23. The standard InChI is InChI=1S/C12H8ClNO2/c13-10-3-5-11(6-4-10)16-12-9(8-15)2-1-7-14-12/h1-8H. The lowest BCUT2D eigenvalue weighted by Crippen LogP contribution is -1.92. The van der Waals surface area contributed by atoms with Gasteiger partial charge in [-0.2, -0.15) is 0 Å². The van der Waals surface area contributed by atoms with Crippen LogP contribution in [0.25, 0.3) is 0 Å². The number of aldehydes is 1. The van der Waals surface area contributed by atoms with Gasteiger partial charge >= 0.3 is 0 Å². The number of hydrogen-bond acceptors (Lipinski definition) is 3. The van der Waals surface area contributed by atoms with Gasteiger partial charge in [0.15, 0.2) is 6.29 Å². The molecule has 1 aromatic carbocycles. The number of carbonyl (C=O) groups is 1. The lowest BCUT2D eigenvalue weighted by atomic mass is 10.3. The molecular weight excluding hydrogens is 226 g/mol. The Morgan fingerprint density at radius 3 is 2.62 bits per heavy atom. The zero-order valence-electron chi connectivity index (χ0n) is 8.26. The van der Waals surface area contributed by atoms with E-state index >= 15 is 0 Å². The van der Waals surface area contributed by atoms with Crippen molar-refractivity contribution in [2.24, 2.45) is 0 Å². The van der Waals surface area contributed by atoms with Crippen LogP contribution in [-0.4, -0.2) is 11.3 Å². The van der Waals surface area contributed by atoms with Gasteiger partial charge in [0, 0.05) is 11.2 Å². The van der Waals surface area contributed by atoms with Gasteiger partial charge in [-0.25, -0.2) is 4.98 Å². The van der Waals surface area contributed by atoms with E-state index in [4.69, 9.17) is 16.3 Å². The summed E-state index contributed by atoms with van der Waals surface area (Å²) in [5.74, 6) is 0.881. The molecule has 0 fully saturated rings. The van der Waals surface area contributed by atoms with E-state index in [1.165, 1.54) is 0 Å². The number of aromatic nitrogens is 1. The fraction of sp³-hybridized carbons (Fsp3) is 0. The van der Waals surface area contributed by atoms with Crippen molar-refractivity contribution >= 4 is 17.9 Å². The van der Waals surface area contributed by atoms with Crippen molar-refractivity contribution in [1.29, 1.82) is 0 Å². The third-order valence-corrected chi connectivity index (χ3v) is 2.21. The molecule has 0 saturated carbocycles. The van der Waals surface area contributed by atoms with Crippen molar-refractivity contribution in [3.63, 3.8) is 0 Å². The minimum absolute atomic E-state index is 0.292. The molecule has 0 aliphatic heterocycles. The highest BCUT2D eigenvalue weighted by Gasteiger charge is 2.04. The van der Waals surface area contributed by atoms with E-state index in [-0.39, 0.29) is 0 Å². The SMILES string of the molecule is O=Cc1cccnc1Oc1ccc(Cl)cc1. The molecule has 0 N–H and O–H groups in total. The highest BCUT2D eigenvalue weighted by molar-refractivity contribution is 6.30. The molecule has 0 unspecified atom stereocenters. The predicted octanol–water partition coefficient (Wildman–Crippen LogP) is 3.34. The monoisotopic (exact) mass is 233 g/mol. The van der Waals surface area contributed by atoms with Crippen LogP contribution in [0.2, 0.25) is 5.02 Å². The normalized spacial score (nSPS) is 9.81. The Kier molecular flexibility index (Phi) is 3.17. The third-order valence-electron chi connectivity index (χ3n) is 1.96. The van der Waals surface area contributed by atoms with Crippen molar-refractivity contribution in [2.75, 3.05) is 0 Å². The number of nitrogens with zero attached hydrogens (tertiary/aromatic N) is 1. The maximum Gasteiger partial charge on any atom is 0.229 e. The lowest BCUT2D eigenvalue weighted by Gasteiger charge is -2.05. The maximum atomic E-state index is 10.7. The van der Waals surface area contributed by atoms with E-state index in [9.17, 15) is 4.79 Å². The Balaban J connectivity index is 2.26. The zero-order valence-corrected chi connectivity index (χ0v) is 9.02. The summed E-state index contributed by atoms with van der Waals surface area (Å²) in [5.41, 5.74) is 0.414. The summed E-state index contributed by atoms with van der Waals surface area (Å²) in [4.78, 5) is 14.7. The number of ether oxygens (including phenoxy) is 1. The van der Waals surface area contributed by atoms with Gasteiger partial charge in [-0.15, -0.1) is 0 Å².